The number of aromatic amines is 1. The number of fused-ring (bicyclic) bond motifs is 1. The second-order valence-electron chi connectivity index (χ2n) is 7.54. The number of carbonyl (C=O) groups excluding carboxylic acids is 1. The van der Waals surface area contributed by atoms with Gasteiger partial charge in [0.05, 0.1) is 23.0 Å². The molecule has 3 aromatic rings. The summed E-state index contributed by atoms with van der Waals surface area (Å²) in [6.45, 7) is 1.54. The standard InChI is InChI=1S/C23H21F2N5O2/c24-18-11-15-10-17(22(31)28-20(15)12-19(18)25)21(29-26)13-27-16-6-4-14(5-7-16)23(32)30-8-2-1-3-9-30/h4-7,10-13H,1-3,8-9,26H2,(H,28,31). The molecular weight excluding hydrogens is 416 g/mol. The monoisotopic (exact) mass is 437 g/mol. The zero-order chi connectivity index (χ0) is 22.7. The van der Waals surface area contributed by atoms with Crippen LogP contribution in [0.5, 0.6) is 0 Å². The molecule has 0 atom stereocenters. The van der Waals surface area contributed by atoms with Gasteiger partial charge < -0.3 is 15.7 Å². The molecule has 2 aromatic carbocycles. The van der Waals surface area contributed by atoms with Crippen LogP contribution in [0.15, 0.2) is 57.4 Å². The van der Waals surface area contributed by atoms with E-state index >= 15 is 0 Å². The van der Waals surface area contributed by atoms with Crippen LogP contribution in [-0.4, -0.2) is 40.8 Å². The molecule has 0 radical (unpaired) electrons. The van der Waals surface area contributed by atoms with Crippen LogP contribution in [0.25, 0.3) is 10.9 Å². The number of aliphatic imine (C=N–C) groups is 1. The van der Waals surface area contributed by atoms with E-state index in [2.05, 4.69) is 15.1 Å². The van der Waals surface area contributed by atoms with Crippen LogP contribution in [-0.2, 0) is 0 Å². The number of hydrogen-bond donors (Lipinski definition) is 2. The first-order valence-electron chi connectivity index (χ1n) is 10.2. The number of likely N-dealkylation sites (tertiary alicyclic amines) is 1. The lowest BCUT2D eigenvalue weighted by molar-refractivity contribution is 0.0724. The first-order valence-corrected chi connectivity index (χ1v) is 10.2. The number of nitrogens with zero attached hydrogens (tertiary/aromatic N) is 3. The van der Waals surface area contributed by atoms with Crippen molar-refractivity contribution >= 4 is 34.4 Å². The molecule has 3 N–H and O–H groups in total. The number of piperidine rings is 1. The number of hydrazone groups is 1. The second-order valence-corrected chi connectivity index (χ2v) is 7.54. The molecule has 0 bridgehead atoms. The normalized spacial score (nSPS) is 14.9. The van der Waals surface area contributed by atoms with E-state index in [1.165, 1.54) is 12.3 Å². The molecule has 7 nitrogen and oxygen atoms in total. The maximum absolute atomic E-state index is 13.6. The Morgan fingerprint density at radius 3 is 2.41 bits per heavy atom. The number of benzene rings is 2. The molecule has 9 heteroatoms. The summed E-state index contributed by atoms with van der Waals surface area (Å²) in [6.07, 6.45) is 4.49. The number of pyridine rings is 1. The Kier molecular flexibility index (Phi) is 6.07. The topological polar surface area (TPSA) is 104 Å². The molecule has 1 aliphatic heterocycles. The number of nitrogens with two attached hydrogens (primary N) is 1. The summed E-state index contributed by atoms with van der Waals surface area (Å²) >= 11 is 0. The van der Waals surface area contributed by atoms with Gasteiger partial charge in [0.1, 0.15) is 5.71 Å². The summed E-state index contributed by atoms with van der Waals surface area (Å²) < 4.78 is 27.0. The smallest absolute Gasteiger partial charge is 0.258 e. The predicted octanol–water partition coefficient (Wildman–Crippen LogP) is 3.50. The summed E-state index contributed by atoms with van der Waals surface area (Å²) in [5, 5.41) is 3.89. The van der Waals surface area contributed by atoms with Gasteiger partial charge in [-0.2, -0.15) is 5.10 Å². The van der Waals surface area contributed by atoms with Crippen LogP contribution < -0.4 is 11.4 Å². The van der Waals surface area contributed by atoms with Crippen molar-refractivity contribution in [2.45, 2.75) is 19.3 Å². The van der Waals surface area contributed by atoms with E-state index in [9.17, 15) is 18.4 Å². The molecule has 0 unspecified atom stereocenters. The highest BCUT2D eigenvalue weighted by molar-refractivity contribution is 6.38. The van der Waals surface area contributed by atoms with Crippen LogP contribution in [0.1, 0.15) is 35.2 Å². The minimum Gasteiger partial charge on any atom is -0.339 e. The van der Waals surface area contributed by atoms with Gasteiger partial charge in [0.15, 0.2) is 11.6 Å². The lowest BCUT2D eigenvalue weighted by atomic mass is 10.1. The van der Waals surface area contributed by atoms with Crippen LogP contribution in [0.2, 0.25) is 0 Å². The molecule has 0 aliphatic carbocycles. The number of H-pyrrole nitrogens is 1. The van der Waals surface area contributed by atoms with Gasteiger partial charge in [0.25, 0.3) is 11.5 Å². The number of carbonyl (C=O) groups is 1. The highest BCUT2D eigenvalue weighted by Gasteiger charge is 2.18. The Balaban J connectivity index is 1.55. The summed E-state index contributed by atoms with van der Waals surface area (Å²) in [5.74, 6) is 3.35. The van der Waals surface area contributed by atoms with E-state index in [0.29, 0.717) is 11.3 Å². The largest absolute Gasteiger partial charge is 0.339 e. The second kappa shape index (κ2) is 9.09. The van der Waals surface area contributed by atoms with Crippen LogP contribution in [0.3, 0.4) is 0 Å². The first kappa shape index (κ1) is 21.4. The molecule has 164 valence electrons. The van der Waals surface area contributed by atoms with Crippen molar-refractivity contribution in [1.82, 2.24) is 9.88 Å². The third-order valence-corrected chi connectivity index (χ3v) is 5.39. The Labute approximate surface area is 182 Å². The number of hydrogen-bond acceptors (Lipinski definition) is 5. The van der Waals surface area contributed by atoms with Crippen molar-refractivity contribution < 1.29 is 13.6 Å². The number of amides is 1. The number of nitrogens with one attached hydrogen (secondary N) is 1. The van der Waals surface area contributed by atoms with Crippen molar-refractivity contribution in [3.63, 3.8) is 0 Å². The zero-order valence-corrected chi connectivity index (χ0v) is 17.1. The van der Waals surface area contributed by atoms with E-state index in [1.54, 1.807) is 24.3 Å². The third-order valence-electron chi connectivity index (χ3n) is 5.39. The number of halogens is 2. The quantitative estimate of drug-likeness (QED) is 0.371. The molecule has 1 aliphatic rings. The third kappa shape index (κ3) is 4.41. The molecular formula is C23H21F2N5O2. The summed E-state index contributed by atoms with van der Waals surface area (Å²) in [6, 6.07) is 10.0. The lowest BCUT2D eigenvalue weighted by Gasteiger charge is -2.26. The Morgan fingerprint density at radius 2 is 1.72 bits per heavy atom. The first-order chi connectivity index (χ1) is 15.5. The van der Waals surface area contributed by atoms with Crippen LogP contribution in [0.4, 0.5) is 14.5 Å². The SMILES string of the molecule is NN=C(C=Nc1ccc(C(=O)N2CCCCC2)cc1)c1cc2cc(F)c(F)cc2[nH]c1=O. The van der Waals surface area contributed by atoms with Crippen molar-refractivity contribution in [2.24, 2.45) is 15.9 Å². The summed E-state index contributed by atoms with van der Waals surface area (Å²) in [5.41, 5.74) is 0.824. The van der Waals surface area contributed by atoms with Crippen molar-refractivity contribution in [3.05, 3.63) is 75.6 Å². The molecule has 32 heavy (non-hydrogen) atoms. The highest BCUT2D eigenvalue weighted by Crippen LogP contribution is 2.18. The average molecular weight is 437 g/mol. The summed E-state index contributed by atoms with van der Waals surface area (Å²) in [4.78, 5) is 33.6. The van der Waals surface area contributed by atoms with Gasteiger partial charge in [-0.15, -0.1) is 0 Å². The molecule has 4 rings (SSSR count). The maximum Gasteiger partial charge on any atom is 0.258 e. The van der Waals surface area contributed by atoms with Crippen LogP contribution in [0, 0.1) is 11.6 Å². The Bertz CT molecular complexity index is 1280. The molecule has 1 saturated heterocycles. The number of aromatic nitrogens is 1. The number of rotatable bonds is 4. The van der Waals surface area contributed by atoms with E-state index in [4.69, 9.17) is 5.84 Å². The fraction of sp³-hybridized carbons (Fsp3) is 0.217. The van der Waals surface area contributed by atoms with Gasteiger partial charge in [0.2, 0.25) is 0 Å². The molecule has 0 spiro atoms. The molecule has 0 saturated carbocycles. The Morgan fingerprint density at radius 1 is 1.03 bits per heavy atom. The van der Waals surface area contributed by atoms with Crippen molar-refractivity contribution in [3.8, 4) is 0 Å². The molecule has 1 amide bonds. The van der Waals surface area contributed by atoms with Gasteiger partial charge in [-0.25, -0.2) is 8.78 Å². The Hall–Kier alpha value is -3.88. The van der Waals surface area contributed by atoms with E-state index in [-0.39, 0.29) is 28.1 Å². The van der Waals surface area contributed by atoms with E-state index in [0.717, 1.165) is 44.5 Å². The predicted molar refractivity (Wildman–Crippen MR) is 120 cm³/mol. The zero-order valence-electron chi connectivity index (χ0n) is 17.1. The minimum atomic E-state index is -1.06. The van der Waals surface area contributed by atoms with E-state index < -0.39 is 17.2 Å². The summed E-state index contributed by atoms with van der Waals surface area (Å²) in [7, 11) is 0. The van der Waals surface area contributed by atoms with Crippen LogP contribution >= 0.6 is 0 Å². The van der Waals surface area contributed by atoms with Gasteiger partial charge in [-0.1, -0.05) is 0 Å². The van der Waals surface area contributed by atoms with Crippen molar-refractivity contribution in [1.29, 1.82) is 0 Å². The highest BCUT2D eigenvalue weighted by atomic mass is 19.2. The van der Waals surface area contributed by atoms with Gasteiger partial charge in [-0.3, -0.25) is 14.6 Å². The minimum absolute atomic E-state index is 0.00388. The fourth-order valence-electron chi connectivity index (χ4n) is 3.67. The fourth-order valence-corrected chi connectivity index (χ4v) is 3.67. The van der Waals surface area contributed by atoms with E-state index in [1.807, 2.05) is 4.90 Å². The maximum atomic E-state index is 13.6. The van der Waals surface area contributed by atoms with Crippen molar-refractivity contribution in [2.75, 3.05) is 13.1 Å². The van der Waals surface area contributed by atoms with Gasteiger partial charge in [0, 0.05) is 30.1 Å². The van der Waals surface area contributed by atoms with Gasteiger partial charge >= 0.3 is 0 Å². The molecule has 1 aromatic heterocycles. The van der Waals surface area contributed by atoms with Gasteiger partial charge in [-0.05, 0) is 55.7 Å². The lowest BCUT2D eigenvalue weighted by Crippen LogP contribution is -2.35. The molecule has 1 fully saturated rings. The average Bonchev–Trinajstić information content (AvgIpc) is 2.81. The molecule has 2 heterocycles.